The fourth-order valence-corrected chi connectivity index (χ4v) is 4.75. The van der Waals surface area contributed by atoms with E-state index in [9.17, 15) is 23.1 Å². The average Bonchev–Trinajstić information content (AvgIpc) is 2.98. The van der Waals surface area contributed by atoms with E-state index in [1.54, 1.807) is 24.0 Å². The molecule has 0 bridgehead atoms. The number of hydrogen-bond donors (Lipinski definition) is 2. The number of hydrogen-bond acceptors (Lipinski definition) is 2. The number of H-pyrrole nitrogens is 1. The molecule has 3 aromatic rings. The largest absolute Gasteiger partial charge is 0.386 e. The number of nitrogens with one attached hydrogen (secondary N) is 1. The van der Waals surface area contributed by atoms with Crippen LogP contribution in [0.1, 0.15) is 31.2 Å². The van der Waals surface area contributed by atoms with Crippen molar-refractivity contribution in [1.82, 2.24) is 9.88 Å². The Bertz CT molecular complexity index is 1140. The number of benzene rings is 2. The number of amides is 1. The van der Waals surface area contributed by atoms with E-state index in [0.29, 0.717) is 42.6 Å². The first-order valence-electron chi connectivity index (χ1n) is 9.99. The molecule has 4 nitrogen and oxygen atoms in total. The summed E-state index contributed by atoms with van der Waals surface area (Å²) in [6.07, 6.45) is 1.13. The molecule has 2 fully saturated rings. The van der Waals surface area contributed by atoms with Gasteiger partial charge in [-0.3, -0.25) is 4.79 Å². The van der Waals surface area contributed by atoms with Crippen LogP contribution >= 0.6 is 0 Å². The van der Waals surface area contributed by atoms with E-state index in [2.05, 4.69) is 4.98 Å². The number of carbonyl (C=O) groups excluding carboxylic acids is 1. The summed E-state index contributed by atoms with van der Waals surface area (Å²) >= 11 is 0. The number of nitrogens with zero attached hydrogens (tertiary/aromatic N) is 1. The molecule has 7 heteroatoms. The van der Waals surface area contributed by atoms with Gasteiger partial charge in [0.2, 0.25) is 5.91 Å². The second-order valence-corrected chi connectivity index (χ2v) is 8.79. The van der Waals surface area contributed by atoms with E-state index in [4.69, 9.17) is 0 Å². The molecule has 2 N–H and O–H groups in total. The van der Waals surface area contributed by atoms with Gasteiger partial charge in [0.15, 0.2) is 0 Å². The Morgan fingerprint density at radius 3 is 2.40 bits per heavy atom. The van der Waals surface area contributed by atoms with Gasteiger partial charge in [-0.2, -0.15) is 0 Å². The number of fused-ring (bicyclic) bond motifs is 1. The van der Waals surface area contributed by atoms with Crippen LogP contribution in [0.2, 0.25) is 0 Å². The van der Waals surface area contributed by atoms with Gasteiger partial charge >= 0.3 is 0 Å². The molecule has 0 unspecified atom stereocenters. The zero-order valence-corrected chi connectivity index (χ0v) is 16.4. The number of aromatic nitrogens is 1. The highest BCUT2D eigenvalue weighted by molar-refractivity contribution is 5.92. The molecule has 0 atom stereocenters. The summed E-state index contributed by atoms with van der Waals surface area (Å²) in [7, 11) is 0. The fourth-order valence-electron chi connectivity index (χ4n) is 4.75. The fraction of sp³-hybridized carbons (Fsp3) is 0.348. The highest BCUT2D eigenvalue weighted by Gasteiger charge is 2.46. The lowest BCUT2D eigenvalue weighted by Crippen LogP contribution is -2.63. The van der Waals surface area contributed by atoms with Crippen molar-refractivity contribution in [3.8, 4) is 11.3 Å². The Balaban J connectivity index is 1.48. The molecule has 1 saturated carbocycles. The van der Waals surface area contributed by atoms with Crippen molar-refractivity contribution in [1.29, 1.82) is 0 Å². The first-order valence-corrected chi connectivity index (χ1v) is 9.99. The maximum atomic E-state index is 14.4. The number of likely N-dealkylation sites (tertiary alicyclic amines) is 1. The van der Waals surface area contributed by atoms with Crippen LogP contribution in [0.3, 0.4) is 0 Å². The minimum Gasteiger partial charge on any atom is -0.386 e. The third kappa shape index (κ3) is 3.08. The van der Waals surface area contributed by atoms with Crippen LogP contribution in [0.15, 0.2) is 36.4 Å². The monoisotopic (exact) mass is 414 g/mol. The van der Waals surface area contributed by atoms with E-state index in [0.717, 1.165) is 11.6 Å². The molecule has 0 radical (unpaired) electrons. The zero-order valence-electron chi connectivity index (χ0n) is 16.4. The molecule has 2 aliphatic rings. The first kappa shape index (κ1) is 19.2. The van der Waals surface area contributed by atoms with Crippen LogP contribution < -0.4 is 0 Å². The van der Waals surface area contributed by atoms with Gasteiger partial charge in [-0.1, -0.05) is 0 Å². The summed E-state index contributed by atoms with van der Waals surface area (Å²) in [5.74, 6) is -1.94. The minimum atomic E-state index is -0.819. The Hall–Kier alpha value is -2.80. The van der Waals surface area contributed by atoms with Crippen molar-refractivity contribution in [2.24, 2.45) is 5.92 Å². The van der Waals surface area contributed by atoms with Gasteiger partial charge < -0.3 is 15.0 Å². The molecular formula is C23H21F3N2O2. The van der Waals surface area contributed by atoms with E-state index in [-0.39, 0.29) is 29.1 Å². The van der Waals surface area contributed by atoms with Crippen LogP contribution in [0.25, 0.3) is 22.2 Å². The van der Waals surface area contributed by atoms with E-state index in [1.165, 1.54) is 18.2 Å². The molecule has 1 saturated heterocycles. The molecule has 2 heterocycles. The van der Waals surface area contributed by atoms with Crippen molar-refractivity contribution in [3.63, 3.8) is 0 Å². The van der Waals surface area contributed by atoms with Crippen molar-refractivity contribution in [3.05, 3.63) is 59.4 Å². The molecule has 1 amide bonds. The van der Waals surface area contributed by atoms with Crippen molar-refractivity contribution in [2.45, 2.75) is 31.3 Å². The van der Waals surface area contributed by atoms with Crippen molar-refractivity contribution in [2.75, 3.05) is 13.1 Å². The van der Waals surface area contributed by atoms with Gasteiger partial charge in [0.25, 0.3) is 0 Å². The molecule has 1 aromatic heterocycles. The van der Waals surface area contributed by atoms with Crippen LogP contribution in [-0.2, 0) is 4.79 Å². The van der Waals surface area contributed by atoms with Gasteiger partial charge in [-0.25, -0.2) is 13.2 Å². The van der Waals surface area contributed by atoms with Crippen LogP contribution in [-0.4, -0.2) is 39.6 Å². The van der Waals surface area contributed by atoms with Crippen LogP contribution in [0, 0.1) is 23.4 Å². The Labute approximate surface area is 171 Å². The Morgan fingerprint density at radius 1 is 1.10 bits per heavy atom. The second-order valence-electron chi connectivity index (χ2n) is 8.79. The lowest BCUT2D eigenvalue weighted by Gasteiger charge is -2.48. The number of rotatable bonds is 3. The highest BCUT2D eigenvalue weighted by atomic mass is 19.1. The summed E-state index contributed by atoms with van der Waals surface area (Å²) in [6, 6.07) is 7.98. The zero-order chi connectivity index (χ0) is 21.2. The smallest absolute Gasteiger partial charge is 0.225 e. The maximum Gasteiger partial charge on any atom is 0.225 e. The number of carbonyl (C=O) groups is 1. The van der Waals surface area contributed by atoms with Gasteiger partial charge in [-0.15, -0.1) is 0 Å². The van der Waals surface area contributed by atoms with E-state index in [1.807, 2.05) is 0 Å². The number of aliphatic hydroxyl groups is 1. The minimum absolute atomic E-state index is 0.0123. The SMILES string of the molecule is CC1(O)CN(C(=O)C2CC(c3c(-c4ccc(F)cc4)[nH]c4c(F)cc(F)cc34)C2)C1. The van der Waals surface area contributed by atoms with Crippen molar-refractivity contribution >= 4 is 16.8 Å². The van der Waals surface area contributed by atoms with Gasteiger partial charge in [-0.05, 0) is 67.1 Å². The Morgan fingerprint density at radius 2 is 1.77 bits per heavy atom. The maximum absolute atomic E-state index is 14.4. The molecular weight excluding hydrogens is 393 g/mol. The van der Waals surface area contributed by atoms with Gasteiger partial charge in [0.05, 0.1) is 29.9 Å². The predicted molar refractivity (Wildman–Crippen MR) is 106 cm³/mol. The molecule has 2 aromatic carbocycles. The highest BCUT2D eigenvalue weighted by Crippen LogP contribution is 2.49. The Kier molecular flexibility index (Phi) is 4.22. The third-order valence-electron chi connectivity index (χ3n) is 6.27. The molecule has 1 aliphatic heterocycles. The molecule has 30 heavy (non-hydrogen) atoms. The second kappa shape index (κ2) is 6.60. The van der Waals surface area contributed by atoms with Crippen LogP contribution in [0.4, 0.5) is 13.2 Å². The third-order valence-corrected chi connectivity index (χ3v) is 6.27. The average molecular weight is 414 g/mol. The van der Waals surface area contributed by atoms with Gasteiger partial charge in [0.1, 0.15) is 17.5 Å². The summed E-state index contributed by atoms with van der Waals surface area (Å²) in [5, 5.41) is 10.3. The molecule has 5 rings (SSSR count). The summed E-state index contributed by atoms with van der Waals surface area (Å²) in [5.41, 5.74) is 1.45. The van der Waals surface area contributed by atoms with E-state index < -0.39 is 17.2 Å². The summed E-state index contributed by atoms with van der Waals surface area (Å²) in [6.45, 7) is 2.36. The summed E-state index contributed by atoms with van der Waals surface area (Å²) < 4.78 is 41.8. The standard InChI is InChI=1S/C23H21F3N2O2/c1-23(30)10-28(11-23)22(29)14-6-13(7-14)19-17-8-16(25)9-18(26)21(17)27-20(19)12-2-4-15(24)5-3-12/h2-5,8-9,13-14,27,30H,6-7,10-11H2,1H3. The number of aromatic amines is 1. The normalized spacial score (nSPS) is 22.6. The lowest BCUT2D eigenvalue weighted by atomic mass is 9.69. The molecule has 0 spiro atoms. The topological polar surface area (TPSA) is 56.3 Å². The number of β-amino-alcohol motifs (C(OH)–C–C–N with tert-alkyl or cyclic N) is 1. The van der Waals surface area contributed by atoms with Crippen molar-refractivity contribution < 1.29 is 23.1 Å². The number of halogens is 3. The summed E-state index contributed by atoms with van der Waals surface area (Å²) in [4.78, 5) is 17.3. The van der Waals surface area contributed by atoms with Crippen LogP contribution in [0.5, 0.6) is 0 Å². The first-order chi connectivity index (χ1) is 14.2. The predicted octanol–water partition coefficient (Wildman–Crippen LogP) is 4.34. The molecule has 1 aliphatic carbocycles. The lowest BCUT2D eigenvalue weighted by molar-refractivity contribution is -0.159. The quantitative estimate of drug-likeness (QED) is 0.670. The van der Waals surface area contributed by atoms with Gasteiger partial charge in [0, 0.05) is 17.4 Å². The molecule has 156 valence electrons. The van der Waals surface area contributed by atoms with E-state index >= 15 is 0 Å².